The Kier molecular flexibility index (Phi) is 5.98. The van der Waals surface area contributed by atoms with E-state index >= 15 is 0 Å². The maximum atomic E-state index is 12.0. The normalized spacial score (nSPS) is 21.0. The highest BCUT2D eigenvalue weighted by molar-refractivity contribution is 5.97. The number of hydrogen-bond acceptors (Lipinski definition) is 5. The minimum Gasteiger partial charge on any atom is -0.369 e. The Balaban J connectivity index is 0.00000241. The zero-order valence-corrected chi connectivity index (χ0v) is 20.2. The second-order valence-corrected chi connectivity index (χ2v) is 10.0. The molecule has 4 N–H and O–H groups in total. The Morgan fingerprint density at radius 3 is 2.62 bits per heavy atom. The summed E-state index contributed by atoms with van der Waals surface area (Å²) in [5.74, 6) is -0.273. The van der Waals surface area contributed by atoms with Crippen LogP contribution in [0, 0.1) is 0 Å². The first-order chi connectivity index (χ1) is 16.0. The van der Waals surface area contributed by atoms with E-state index in [1.165, 1.54) is 35.2 Å². The van der Waals surface area contributed by atoms with E-state index in [1.807, 2.05) is 12.1 Å². The molecule has 2 aliphatic carbocycles. The Morgan fingerprint density at radius 2 is 1.85 bits per heavy atom. The summed E-state index contributed by atoms with van der Waals surface area (Å²) in [5.41, 5.74) is 19.6. The van der Waals surface area contributed by atoms with Crippen molar-refractivity contribution in [2.24, 2.45) is 11.5 Å². The molecule has 0 bridgehead atoms. The summed E-state index contributed by atoms with van der Waals surface area (Å²) >= 11 is 0. The number of nitrogens with zero attached hydrogens (tertiary/aromatic N) is 3. The standard InChI is InChI=1S/C27H31N5O.ClH/c28-19-4-3-13-32(16-19)25-20-5-1-2-6-22(20)31-23-8-7-17(14-21(23)25)18-9-12-30-24(15-18)27(10-11-27)26(29)33;/h7-9,12,14-15,19H,1-6,10-11,13,16,28H2,(H2,29,33);1H/t19-;/m0./s1. The molecule has 1 aromatic carbocycles. The molecule has 3 aliphatic rings. The molecule has 6 nitrogen and oxygen atoms in total. The molecule has 0 unspecified atom stereocenters. The van der Waals surface area contributed by atoms with E-state index in [4.69, 9.17) is 16.5 Å². The molecule has 6 rings (SSSR count). The van der Waals surface area contributed by atoms with Gasteiger partial charge in [-0.2, -0.15) is 0 Å². The molecule has 178 valence electrons. The van der Waals surface area contributed by atoms with Gasteiger partial charge in [-0.3, -0.25) is 14.8 Å². The van der Waals surface area contributed by atoms with E-state index in [-0.39, 0.29) is 24.4 Å². The Bertz CT molecular complexity index is 1260. The summed E-state index contributed by atoms with van der Waals surface area (Å²) in [6.45, 7) is 1.94. The van der Waals surface area contributed by atoms with Crippen molar-refractivity contribution in [3.8, 4) is 11.1 Å². The lowest BCUT2D eigenvalue weighted by Crippen LogP contribution is -2.43. The SMILES string of the molecule is Cl.NC(=O)C1(c2cc(-c3ccc4nc5c(c(N6CCC[C@H](N)C6)c4c3)CCCC5)ccn2)CC1. The third-order valence-corrected chi connectivity index (χ3v) is 7.81. The number of piperidine rings is 1. The number of anilines is 1. The van der Waals surface area contributed by atoms with Crippen LogP contribution < -0.4 is 16.4 Å². The highest BCUT2D eigenvalue weighted by Gasteiger charge is 2.51. The van der Waals surface area contributed by atoms with Crippen LogP contribution in [0.25, 0.3) is 22.0 Å². The van der Waals surface area contributed by atoms with Crippen LogP contribution in [0.15, 0.2) is 36.5 Å². The van der Waals surface area contributed by atoms with Gasteiger partial charge in [0.05, 0.1) is 22.3 Å². The lowest BCUT2D eigenvalue weighted by Gasteiger charge is -2.36. The van der Waals surface area contributed by atoms with Crippen molar-refractivity contribution in [1.82, 2.24) is 9.97 Å². The summed E-state index contributed by atoms with van der Waals surface area (Å²) in [4.78, 5) is 24.1. The number of fused-ring (bicyclic) bond motifs is 2. The molecule has 1 amide bonds. The van der Waals surface area contributed by atoms with Gasteiger partial charge in [-0.1, -0.05) is 6.07 Å². The number of amides is 1. The maximum absolute atomic E-state index is 12.0. The molecule has 1 saturated heterocycles. The molecule has 1 saturated carbocycles. The molecule has 3 aromatic rings. The van der Waals surface area contributed by atoms with Gasteiger partial charge in [-0.05, 0) is 92.3 Å². The number of carbonyl (C=O) groups is 1. The molecule has 2 aromatic heterocycles. The van der Waals surface area contributed by atoms with Crippen molar-refractivity contribution < 1.29 is 4.79 Å². The van der Waals surface area contributed by atoms with Gasteiger partial charge in [0.2, 0.25) is 5.91 Å². The fourth-order valence-electron chi connectivity index (χ4n) is 5.78. The second kappa shape index (κ2) is 8.82. The topological polar surface area (TPSA) is 98.1 Å². The number of rotatable bonds is 4. The maximum Gasteiger partial charge on any atom is 0.229 e. The molecule has 0 spiro atoms. The van der Waals surface area contributed by atoms with Gasteiger partial charge in [0, 0.05) is 36.4 Å². The zero-order valence-electron chi connectivity index (χ0n) is 19.4. The fourth-order valence-corrected chi connectivity index (χ4v) is 5.78. The Morgan fingerprint density at radius 1 is 1.06 bits per heavy atom. The summed E-state index contributed by atoms with van der Waals surface area (Å²) in [6.07, 6.45) is 10.2. The summed E-state index contributed by atoms with van der Waals surface area (Å²) in [6, 6.07) is 10.8. The monoisotopic (exact) mass is 477 g/mol. The van der Waals surface area contributed by atoms with Gasteiger partial charge in [0.15, 0.2) is 0 Å². The van der Waals surface area contributed by atoms with Gasteiger partial charge in [-0.15, -0.1) is 12.4 Å². The largest absolute Gasteiger partial charge is 0.369 e. The van der Waals surface area contributed by atoms with Crippen LogP contribution in [0.5, 0.6) is 0 Å². The van der Waals surface area contributed by atoms with E-state index in [1.54, 1.807) is 6.20 Å². The number of hydrogen-bond donors (Lipinski definition) is 2. The smallest absolute Gasteiger partial charge is 0.229 e. The van der Waals surface area contributed by atoms with E-state index in [0.29, 0.717) is 0 Å². The molecular formula is C27H32ClN5O. The highest BCUT2D eigenvalue weighted by atomic mass is 35.5. The molecular weight excluding hydrogens is 446 g/mol. The van der Waals surface area contributed by atoms with Crippen LogP contribution in [0.4, 0.5) is 5.69 Å². The molecule has 34 heavy (non-hydrogen) atoms. The third kappa shape index (κ3) is 3.83. The number of pyridine rings is 2. The number of carbonyl (C=O) groups excluding carboxylic acids is 1. The van der Waals surface area contributed by atoms with Gasteiger partial charge in [0.25, 0.3) is 0 Å². The number of nitrogens with two attached hydrogens (primary N) is 2. The van der Waals surface area contributed by atoms with Gasteiger partial charge < -0.3 is 16.4 Å². The van der Waals surface area contributed by atoms with Crippen LogP contribution in [0.3, 0.4) is 0 Å². The average Bonchev–Trinajstić information content (AvgIpc) is 3.65. The molecule has 1 aliphatic heterocycles. The number of aryl methyl sites for hydroxylation is 1. The van der Waals surface area contributed by atoms with Gasteiger partial charge in [0.1, 0.15) is 0 Å². The summed E-state index contributed by atoms with van der Waals surface area (Å²) < 4.78 is 0. The predicted molar refractivity (Wildman–Crippen MR) is 138 cm³/mol. The lowest BCUT2D eigenvalue weighted by molar-refractivity contribution is -0.120. The van der Waals surface area contributed by atoms with Gasteiger partial charge in [-0.25, -0.2) is 0 Å². The second-order valence-electron chi connectivity index (χ2n) is 10.0. The van der Waals surface area contributed by atoms with Crippen molar-refractivity contribution in [2.75, 3.05) is 18.0 Å². The quantitative estimate of drug-likeness (QED) is 0.590. The van der Waals surface area contributed by atoms with Crippen LogP contribution >= 0.6 is 12.4 Å². The van der Waals surface area contributed by atoms with Crippen LogP contribution in [0.2, 0.25) is 0 Å². The minimum absolute atomic E-state index is 0. The average molecular weight is 478 g/mol. The first-order valence-electron chi connectivity index (χ1n) is 12.3. The van der Waals surface area contributed by atoms with Crippen molar-refractivity contribution >= 4 is 34.9 Å². The van der Waals surface area contributed by atoms with Crippen molar-refractivity contribution in [2.45, 2.75) is 62.8 Å². The lowest BCUT2D eigenvalue weighted by atomic mass is 9.90. The third-order valence-electron chi connectivity index (χ3n) is 7.81. The van der Waals surface area contributed by atoms with Crippen molar-refractivity contribution in [3.05, 3.63) is 53.5 Å². The zero-order chi connectivity index (χ0) is 22.6. The predicted octanol–water partition coefficient (Wildman–Crippen LogP) is 4.04. The number of benzene rings is 1. The van der Waals surface area contributed by atoms with Crippen molar-refractivity contribution in [3.63, 3.8) is 0 Å². The van der Waals surface area contributed by atoms with E-state index < -0.39 is 5.41 Å². The van der Waals surface area contributed by atoms with E-state index in [2.05, 4.69) is 28.1 Å². The van der Waals surface area contributed by atoms with E-state index in [0.717, 1.165) is 74.0 Å². The Hall–Kier alpha value is -2.70. The van der Waals surface area contributed by atoms with Crippen LogP contribution in [-0.4, -0.2) is 35.0 Å². The molecule has 3 heterocycles. The first kappa shape index (κ1) is 23.1. The Labute approximate surface area is 206 Å². The first-order valence-corrected chi connectivity index (χ1v) is 12.3. The van der Waals surface area contributed by atoms with E-state index in [9.17, 15) is 4.79 Å². The molecule has 1 atom stereocenters. The minimum atomic E-state index is -0.581. The summed E-state index contributed by atoms with van der Waals surface area (Å²) in [5, 5.41) is 1.21. The highest BCUT2D eigenvalue weighted by Crippen LogP contribution is 2.48. The molecule has 0 radical (unpaired) electrons. The number of aromatic nitrogens is 2. The van der Waals surface area contributed by atoms with Crippen LogP contribution in [-0.2, 0) is 23.1 Å². The van der Waals surface area contributed by atoms with Gasteiger partial charge >= 0.3 is 0 Å². The summed E-state index contributed by atoms with van der Waals surface area (Å²) in [7, 11) is 0. The molecule has 7 heteroatoms. The number of primary amides is 1. The number of halogens is 1. The fraction of sp³-hybridized carbons (Fsp3) is 0.444. The van der Waals surface area contributed by atoms with Crippen LogP contribution in [0.1, 0.15) is 55.5 Å². The molecule has 2 fully saturated rings. The van der Waals surface area contributed by atoms with Crippen molar-refractivity contribution in [1.29, 1.82) is 0 Å².